The lowest BCUT2D eigenvalue weighted by Gasteiger charge is -2.24. The molecular weight excluding hydrogens is 397 g/mol. The molecule has 1 atom stereocenters. The van der Waals surface area contributed by atoms with Gasteiger partial charge in [-0.05, 0) is 69.3 Å². The first-order valence-corrected chi connectivity index (χ1v) is 9.96. The minimum Gasteiger partial charge on any atom is -0.350 e. The van der Waals surface area contributed by atoms with Crippen LogP contribution in [-0.2, 0) is 0 Å². The number of carbonyl (C=O) groups excluding carboxylic acids is 2. The van der Waals surface area contributed by atoms with Crippen LogP contribution in [0.15, 0.2) is 42.5 Å². The quantitative estimate of drug-likeness (QED) is 0.696. The second-order valence-electron chi connectivity index (χ2n) is 7.15. The highest BCUT2D eigenvalue weighted by Gasteiger charge is 2.29. The van der Waals surface area contributed by atoms with Crippen LogP contribution in [0.5, 0.6) is 0 Å². The maximum Gasteiger partial charge on any atom is 0.255 e. The van der Waals surface area contributed by atoms with Crippen molar-refractivity contribution in [3.8, 4) is 0 Å². The number of halogens is 2. The summed E-state index contributed by atoms with van der Waals surface area (Å²) >= 11 is 11.9. The Hall–Kier alpha value is -2.08. The molecule has 2 aromatic carbocycles. The Morgan fingerprint density at radius 1 is 1.04 bits per heavy atom. The molecule has 0 bridgehead atoms. The third-order valence-electron chi connectivity index (χ3n) is 4.91. The Bertz CT molecular complexity index is 846. The lowest BCUT2D eigenvalue weighted by Crippen LogP contribution is -2.41. The van der Waals surface area contributed by atoms with Gasteiger partial charge in [0.2, 0.25) is 0 Å². The zero-order valence-corrected chi connectivity index (χ0v) is 17.3. The molecule has 1 fully saturated rings. The molecule has 0 radical (unpaired) electrons. The van der Waals surface area contributed by atoms with Gasteiger partial charge in [-0.15, -0.1) is 0 Å². The van der Waals surface area contributed by atoms with Crippen molar-refractivity contribution in [1.82, 2.24) is 10.2 Å². The topological polar surface area (TPSA) is 61.4 Å². The summed E-state index contributed by atoms with van der Waals surface area (Å²) in [6, 6.07) is 12.4. The normalized spacial score (nSPS) is 14.6. The number of hydrogen-bond donors (Lipinski definition) is 2. The van der Waals surface area contributed by atoms with Gasteiger partial charge in [-0.1, -0.05) is 23.2 Å². The second kappa shape index (κ2) is 8.95. The van der Waals surface area contributed by atoms with Crippen LogP contribution in [0, 0.1) is 0 Å². The van der Waals surface area contributed by atoms with Gasteiger partial charge < -0.3 is 10.6 Å². The number of anilines is 1. The van der Waals surface area contributed by atoms with Crippen LogP contribution in [0.25, 0.3) is 0 Å². The molecule has 2 aromatic rings. The van der Waals surface area contributed by atoms with Gasteiger partial charge in [0, 0.05) is 45.5 Å². The van der Waals surface area contributed by atoms with Crippen molar-refractivity contribution in [3.05, 3.63) is 63.6 Å². The summed E-state index contributed by atoms with van der Waals surface area (Å²) in [5, 5.41) is 6.52. The number of nitrogens with zero attached hydrogens (tertiary/aromatic N) is 1. The Kier molecular flexibility index (Phi) is 6.60. The Morgan fingerprint density at radius 3 is 2.21 bits per heavy atom. The average molecular weight is 420 g/mol. The van der Waals surface area contributed by atoms with Gasteiger partial charge >= 0.3 is 0 Å². The van der Waals surface area contributed by atoms with Crippen LogP contribution in [-0.4, -0.2) is 42.4 Å². The maximum atomic E-state index is 12.3. The van der Waals surface area contributed by atoms with Crippen LogP contribution < -0.4 is 10.6 Å². The number of amides is 2. The number of nitrogens with one attached hydrogen (secondary N) is 2. The van der Waals surface area contributed by atoms with Crippen molar-refractivity contribution < 1.29 is 9.59 Å². The SMILES string of the molecule is CC(CNC(=O)c1ccc(NC(=O)c2cc(Cl)cc(Cl)c2)cc1)N(C)C1CC1. The molecule has 7 heteroatoms. The molecule has 2 amide bonds. The average Bonchev–Trinajstić information content (AvgIpc) is 3.50. The molecule has 1 saturated carbocycles. The zero-order valence-electron chi connectivity index (χ0n) is 15.8. The van der Waals surface area contributed by atoms with Crippen molar-refractivity contribution in [2.24, 2.45) is 0 Å². The van der Waals surface area contributed by atoms with E-state index in [1.807, 2.05) is 0 Å². The summed E-state index contributed by atoms with van der Waals surface area (Å²) in [7, 11) is 2.10. The highest BCUT2D eigenvalue weighted by molar-refractivity contribution is 6.35. The Morgan fingerprint density at radius 2 is 1.64 bits per heavy atom. The Labute approximate surface area is 175 Å². The number of benzene rings is 2. The highest BCUT2D eigenvalue weighted by Crippen LogP contribution is 2.26. The third-order valence-corrected chi connectivity index (χ3v) is 5.34. The number of rotatable bonds is 7. The summed E-state index contributed by atoms with van der Waals surface area (Å²) in [5.74, 6) is -0.450. The lowest BCUT2D eigenvalue weighted by molar-refractivity contribution is 0.0939. The molecule has 5 nitrogen and oxygen atoms in total. The molecule has 0 heterocycles. The number of hydrogen-bond acceptors (Lipinski definition) is 3. The smallest absolute Gasteiger partial charge is 0.255 e. The lowest BCUT2D eigenvalue weighted by atomic mass is 10.1. The molecule has 0 aliphatic heterocycles. The van der Waals surface area contributed by atoms with Gasteiger partial charge in [0.25, 0.3) is 11.8 Å². The van der Waals surface area contributed by atoms with E-state index >= 15 is 0 Å². The van der Waals surface area contributed by atoms with Crippen molar-refractivity contribution in [3.63, 3.8) is 0 Å². The summed E-state index contributed by atoms with van der Waals surface area (Å²) in [5.41, 5.74) is 1.50. The van der Waals surface area contributed by atoms with Crippen molar-refractivity contribution in [2.45, 2.75) is 31.8 Å². The fraction of sp³-hybridized carbons (Fsp3) is 0.333. The summed E-state index contributed by atoms with van der Waals surface area (Å²) in [4.78, 5) is 27.0. The van der Waals surface area contributed by atoms with E-state index < -0.39 is 0 Å². The third kappa shape index (κ3) is 5.47. The monoisotopic (exact) mass is 419 g/mol. The molecule has 1 aliphatic rings. The van der Waals surface area contributed by atoms with Gasteiger partial charge in [-0.2, -0.15) is 0 Å². The van der Waals surface area contributed by atoms with E-state index in [2.05, 4.69) is 29.5 Å². The first kappa shape index (κ1) is 20.6. The fourth-order valence-electron chi connectivity index (χ4n) is 2.92. The predicted molar refractivity (Wildman–Crippen MR) is 113 cm³/mol. The minimum atomic E-state index is -0.321. The van der Waals surface area contributed by atoms with Crippen molar-refractivity contribution in [2.75, 3.05) is 18.9 Å². The largest absolute Gasteiger partial charge is 0.350 e. The summed E-state index contributed by atoms with van der Waals surface area (Å²) in [6.45, 7) is 2.71. The number of carbonyl (C=O) groups is 2. The Balaban J connectivity index is 1.55. The van der Waals surface area contributed by atoms with Crippen LogP contribution >= 0.6 is 23.2 Å². The summed E-state index contributed by atoms with van der Waals surface area (Å²) < 4.78 is 0. The van der Waals surface area contributed by atoms with Gasteiger partial charge in [-0.25, -0.2) is 0 Å². The maximum absolute atomic E-state index is 12.3. The molecule has 0 aromatic heterocycles. The standard InChI is InChI=1S/C21H23Cl2N3O2/c1-13(26(2)19-7-8-19)12-24-20(27)14-3-5-18(6-4-14)25-21(28)15-9-16(22)11-17(23)10-15/h3-6,9-11,13,19H,7-8,12H2,1-2H3,(H,24,27)(H,25,28). The second-order valence-corrected chi connectivity index (χ2v) is 8.02. The minimum absolute atomic E-state index is 0.129. The van der Waals surface area contributed by atoms with E-state index in [4.69, 9.17) is 23.2 Å². The molecule has 28 heavy (non-hydrogen) atoms. The van der Waals surface area contributed by atoms with E-state index in [-0.39, 0.29) is 11.8 Å². The molecule has 0 spiro atoms. The molecule has 1 aliphatic carbocycles. The van der Waals surface area contributed by atoms with Crippen LogP contribution in [0.2, 0.25) is 10.0 Å². The van der Waals surface area contributed by atoms with Crippen LogP contribution in [0.3, 0.4) is 0 Å². The molecule has 2 N–H and O–H groups in total. The first-order chi connectivity index (χ1) is 13.3. The number of likely N-dealkylation sites (N-methyl/N-ethyl adjacent to an activating group) is 1. The van der Waals surface area contributed by atoms with Crippen molar-refractivity contribution in [1.29, 1.82) is 0 Å². The van der Waals surface area contributed by atoms with E-state index in [9.17, 15) is 9.59 Å². The van der Waals surface area contributed by atoms with E-state index in [0.29, 0.717) is 45.5 Å². The molecule has 3 rings (SSSR count). The predicted octanol–water partition coefficient (Wildman–Crippen LogP) is 4.46. The van der Waals surface area contributed by atoms with E-state index in [1.54, 1.807) is 42.5 Å². The van der Waals surface area contributed by atoms with Gasteiger partial charge in [-0.3, -0.25) is 14.5 Å². The zero-order chi connectivity index (χ0) is 20.3. The highest BCUT2D eigenvalue weighted by atomic mass is 35.5. The first-order valence-electron chi connectivity index (χ1n) is 9.21. The van der Waals surface area contributed by atoms with Gasteiger partial charge in [0.15, 0.2) is 0 Å². The molecule has 0 saturated heterocycles. The van der Waals surface area contributed by atoms with Crippen LogP contribution in [0.4, 0.5) is 5.69 Å². The van der Waals surface area contributed by atoms with Crippen LogP contribution in [0.1, 0.15) is 40.5 Å². The van der Waals surface area contributed by atoms with Crippen molar-refractivity contribution >= 4 is 40.7 Å². The molecular formula is C21H23Cl2N3O2. The summed E-state index contributed by atoms with van der Waals surface area (Å²) in [6.07, 6.45) is 2.48. The van der Waals surface area contributed by atoms with Gasteiger partial charge in [0.05, 0.1) is 0 Å². The molecule has 148 valence electrons. The van der Waals surface area contributed by atoms with Gasteiger partial charge in [0.1, 0.15) is 0 Å². The van der Waals surface area contributed by atoms with E-state index in [1.165, 1.54) is 12.8 Å². The van der Waals surface area contributed by atoms with E-state index in [0.717, 1.165) is 0 Å². The molecule has 1 unspecified atom stereocenters. The fourth-order valence-corrected chi connectivity index (χ4v) is 3.45.